The summed E-state index contributed by atoms with van der Waals surface area (Å²) >= 11 is 0. The van der Waals surface area contributed by atoms with E-state index in [1.54, 1.807) is 31.4 Å². The number of benzene rings is 1. The third-order valence-corrected chi connectivity index (χ3v) is 6.62. The fraction of sp³-hybridized carbons (Fsp3) is 0.588. The van der Waals surface area contributed by atoms with E-state index in [9.17, 15) is 13.2 Å². The Morgan fingerprint density at radius 2 is 2.16 bits per heavy atom. The summed E-state index contributed by atoms with van der Waals surface area (Å²) in [5, 5.41) is 3.05. The zero-order chi connectivity index (χ0) is 17.9. The van der Waals surface area contributed by atoms with Crippen molar-refractivity contribution < 1.29 is 17.9 Å². The molecule has 1 aromatic rings. The highest BCUT2D eigenvalue weighted by Gasteiger charge is 2.34. The number of ether oxygens (including phenoxy) is 1. The number of hydrogen-bond acceptors (Lipinski definition) is 5. The lowest BCUT2D eigenvalue weighted by Gasteiger charge is -2.40. The average Bonchev–Trinajstić information content (AvgIpc) is 2.62. The van der Waals surface area contributed by atoms with Gasteiger partial charge in [-0.05, 0) is 30.5 Å². The van der Waals surface area contributed by atoms with Crippen molar-refractivity contribution in [1.82, 2.24) is 14.5 Å². The summed E-state index contributed by atoms with van der Waals surface area (Å²) in [5.74, 6) is 0.658. The van der Waals surface area contributed by atoms with Crippen molar-refractivity contribution in [2.24, 2.45) is 0 Å². The summed E-state index contributed by atoms with van der Waals surface area (Å²) in [6, 6.07) is 7.11. The molecule has 8 heteroatoms. The van der Waals surface area contributed by atoms with Crippen molar-refractivity contribution >= 4 is 15.9 Å². The number of rotatable bonds is 5. The van der Waals surface area contributed by atoms with Crippen molar-refractivity contribution in [1.29, 1.82) is 0 Å². The highest BCUT2D eigenvalue weighted by molar-refractivity contribution is 7.88. The summed E-state index contributed by atoms with van der Waals surface area (Å²) < 4.78 is 32.4. The number of carbonyl (C=O) groups is 1. The summed E-state index contributed by atoms with van der Waals surface area (Å²) in [5.41, 5.74) is 0.708. The van der Waals surface area contributed by atoms with E-state index in [0.717, 1.165) is 19.4 Å². The number of methoxy groups -OCH3 is 1. The van der Waals surface area contributed by atoms with E-state index in [4.69, 9.17) is 4.74 Å². The van der Waals surface area contributed by atoms with Gasteiger partial charge in [0.25, 0.3) is 0 Å². The smallest absolute Gasteiger partial charge is 0.236 e. The molecule has 2 aliphatic heterocycles. The van der Waals surface area contributed by atoms with Gasteiger partial charge in [0.15, 0.2) is 0 Å². The van der Waals surface area contributed by atoms with E-state index in [1.807, 2.05) is 4.90 Å². The van der Waals surface area contributed by atoms with Gasteiger partial charge in [0.1, 0.15) is 5.75 Å². The van der Waals surface area contributed by atoms with Gasteiger partial charge in [-0.15, -0.1) is 0 Å². The van der Waals surface area contributed by atoms with Gasteiger partial charge in [-0.25, -0.2) is 8.42 Å². The monoisotopic (exact) mass is 367 g/mol. The number of carbonyl (C=O) groups excluding carboxylic acids is 1. The first kappa shape index (κ1) is 18.2. The second-order valence-corrected chi connectivity index (χ2v) is 8.49. The van der Waals surface area contributed by atoms with Crippen LogP contribution in [0.3, 0.4) is 0 Å². The minimum atomic E-state index is -3.43. The molecule has 0 bridgehead atoms. The zero-order valence-corrected chi connectivity index (χ0v) is 15.3. The summed E-state index contributed by atoms with van der Waals surface area (Å²) in [4.78, 5) is 13.9. The Hall–Kier alpha value is -1.64. The van der Waals surface area contributed by atoms with Crippen LogP contribution in [0.1, 0.15) is 18.4 Å². The number of nitrogens with one attached hydrogen (secondary N) is 1. The number of piperazine rings is 1. The molecule has 1 amide bonds. The van der Waals surface area contributed by atoms with Crippen molar-refractivity contribution in [2.75, 3.05) is 39.8 Å². The normalized spacial score (nSPS) is 22.8. The fourth-order valence-corrected chi connectivity index (χ4v) is 5.09. The zero-order valence-electron chi connectivity index (χ0n) is 14.5. The van der Waals surface area contributed by atoms with E-state index >= 15 is 0 Å². The van der Waals surface area contributed by atoms with Crippen LogP contribution in [0, 0.1) is 0 Å². The van der Waals surface area contributed by atoms with Crippen molar-refractivity contribution in [2.45, 2.75) is 24.6 Å². The molecule has 2 fully saturated rings. The van der Waals surface area contributed by atoms with Crippen LogP contribution in [-0.4, -0.2) is 69.4 Å². The van der Waals surface area contributed by atoms with Crippen LogP contribution in [0.4, 0.5) is 0 Å². The summed E-state index contributed by atoms with van der Waals surface area (Å²) in [7, 11) is -1.86. The SMILES string of the molecule is COc1cccc(CS(=O)(=O)N2CCCC(N3CCNCC3=O)C2)c1. The van der Waals surface area contributed by atoms with Gasteiger partial charge in [0, 0.05) is 32.2 Å². The van der Waals surface area contributed by atoms with Crippen LogP contribution in [0.25, 0.3) is 0 Å². The predicted octanol–water partition coefficient (Wildman–Crippen LogP) is 0.421. The Morgan fingerprint density at radius 1 is 1.32 bits per heavy atom. The lowest BCUT2D eigenvalue weighted by atomic mass is 10.1. The minimum Gasteiger partial charge on any atom is -0.497 e. The third-order valence-electron chi connectivity index (χ3n) is 4.80. The highest BCUT2D eigenvalue weighted by Crippen LogP contribution is 2.22. The minimum absolute atomic E-state index is 0.0246. The molecule has 25 heavy (non-hydrogen) atoms. The number of piperidine rings is 1. The van der Waals surface area contributed by atoms with Crippen LogP contribution in [0.5, 0.6) is 5.75 Å². The maximum atomic E-state index is 12.8. The van der Waals surface area contributed by atoms with Gasteiger partial charge in [-0.2, -0.15) is 4.31 Å². The molecule has 138 valence electrons. The van der Waals surface area contributed by atoms with Gasteiger partial charge in [0.05, 0.1) is 19.4 Å². The maximum Gasteiger partial charge on any atom is 0.236 e. The highest BCUT2D eigenvalue weighted by atomic mass is 32.2. The molecule has 0 aromatic heterocycles. The van der Waals surface area contributed by atoms with Gasteiger partial charge in [-0.1, -0.05) is 12.1 Å². The third kappa shape index (κ3) is 4.31. The van der Waals surface area contributed by atoms with E-state index in [1.165, 1.54) is 4.31 Å². The van der Waals surface area contributed by atoms with E-state index in [-0.39, 0.29) is 17.7 Å². The molecule has 3 rings (SSSR count). The predicted molar refractivity (Wildman–Crippen MR) is 94.8 cm³/mol. The average molecular weight is 367 g/mol. The van der Waals surface area contributed by atoms with Crippen LogP contribution in [-0.2, 0) is 20.6 Å². The molecule has 1 aromatic carbocycles. The molecular formula is C17H25N3O4S. The Balaban J connectivity index is 1.69. The molecule has 0 saturated carbocycles. The first-order valence-electron chi connectivity index (χ1n) is 8.60. The Morgan fingerprint density at radius 3 is 2.92 bits per heavy atom. The fourth-order valence-electron chi connectivity index (χ4n) is 3.50. The lowest BCUT2D eigenvalue weighted by Crippen LogP contribution is -2.57. The molecule has 0 radical (unpaired) electrons. The van der Waals surface area contributed by atoms with E-state index in [2.05, 4.69) is 5.32 Å². The number of amides is 1. The number of sulfonamides is 1. The lowest BCUT2D eigenvalue weighted by molar-refractivity contribution is -0.135. The molecule has 2 aliphatic rings. The maximum absolute atomic E-state index is 12.8. The number of nitrogens with zero attached hydrogens (tertiary/aromatic N) is 2. The second kappa shape index (κ2) is 7.72. The Kier molecular flexibility index (Phi) is 5.61. The van der Waals surface area contributed by atoms with Crippen molar-refractivity contribution in [3.05, 3.63) is 29.8 Å². The largest absolute Gasteiger partial charge is 0.497 e. The van der Waals surface area contributed by atoms with Crippen LogP contribution in [0.15, 0.2) is 24.3 Å². The Bertz CT molecular complexity index is 722. The van der Waals surface area contributed by atoms with Gasteiger partial charge in [0.2, 0.25) is 15.9 Å². The Labute approximate surface area is 149 Å². The number of hydrogen-bond donors (Lipinski definition) is 1. The molecule has 7 nitrogen and oxygen atoms in total. The standard InChI is InChI=1S/C17H25N3O4S/c1-24-16-6-2-4-14(10-16)13-25(22,23)19-8-3-5-15(12-19)20-9-7-18-11-17(20)21/h2,4,6,10,15,18H,3,5,7-9,11-13H2,1H3. The molecule has 2 saturated heterocycles. The topological polar surface area (TPSA) is 79.0 Å². The van der Waals surface area contributed by atoms with Crippen LogP contribution >= 0.6 is 0 Å². The first-order chi connectivity index (χ1) is 12.0. The molecule has 1 unspecified atom stereocenters. The quantitative estimate of drug-likeness (QED) is 0.816. The van der Waals surface area contributed by atoms with Crippen molar-refractivity contribution in [3.63, 3.8) is 0 Å². The van der Waals surface area contributed by atoms with E-state index < -0.39 is 10.0 Å². The van der Waals surface area contributed by atoms with Gasteiger partial charge >= 0.3 is 0 Å². The first-order valence-corrected chi connectivity index (χ1v) is 10.2. The van der Waals surface area contributed by atoms with Gasteiger partial charge in [-0.3, -0.25) is 4.79 Å². The molecule has 2 heterocycles. The summed E-state index contributed by atoms with van der Waals surface area (Å²) in [6.07, 6.45) is 1.64. The molecule has 0 aliphatic carbocycles. The van der Waals surface area contributed by atoms with E-state index in [0.29, 0.717) is 37.5 Å². The molecule has 1 atom stereocenters. The van der Waals surface area contributed by atoms with Gasteiger partial charge < -0.3 is 15.0 Å². The van der Waals surface area contributed by atoms with Crippen LogP contribution in [0.2, 0.25) is 0 Å². The van der Waals surface area contributed by atoms with Crippen LogP contribution < -0.4 is 10.1 Å². The summed E-state index contributed by atoms with van der Waals surface area (Å²) in [6.45, 7) is 2.65. The second-order valence-electron chi connectivity index (χ2n) is 6.53. The van der Waals surface area contributed by atoms with Crippen molar-refractivity contribution in [3.8, 4) is 5.75 Å². The molecular weight excluding hydrogens is 342 g/mol. The molecule has 0 spiro atoms. The molecule has 1 N–H and O–H groups in total.